The topological polar surface area (TPSA) is 59.9 Å². The largest absolute Gasteiger partial charge is 0.259 e. The molecule has 0 aromatic carbocycles. The minimum Gasteiger partial charge on any atom is -0.259 e. The Hall–Kier alpha value is -1.01. The van der Waals surface area contributed by atoms with Gasteiger partial charge in [0, 0.05) is 17.8 Å². The van der Waals surface area contributed by atoms with Crippen LogP contribution in [0.4, 0.5) is 0 Å². The van der Waals surface area contributed by atoms with Gasteiger partial charge in [0.1, 0.15) is 0 Å². The highest BCUT2D eigenvalue weighted by Gasteiger charge is 2.10. The van der Waals surface area contributed by atoms with Crippen LogP contribution in [0.1, 0.15) is 5.69 Å². The van der Waals surface area contributed by atoms with E-state index in [-0.39, 0.29) is 5.75 Å². The zero-order chi connectivity index (χ0) is 10.2. The van der Waals surface area contributed by atoms with Gasteiger partial charge in [0.25, 0.3) is 0 Å². The summed E-state index contributed by atoms with van der Waals surface area (Å²) < 4.78 is 27.2. The SMILES string of the molecule is CS(=O)(=O)Cc1nccc2sncc12. The molecule has 14 heavy (non-hydrogen) atoms. The average Bonchev–Trinajstić information content (AvgIpc) is 2.49. The standard InChI is InChI=1S/C8H8N2O2S2/c1-14(11,12)5-7-6-4-10-13-8(6)2-3-9-7/h2-4H,5H2,1H3. The summed E-state index contributed by atoms with van der Waals surface area (Å²) in [5.74, 6) is -0.0250. The summed E-state index contributed by atoms with van der Waals surface area (Å²) in [6, 6.07) is 1.83. The molecule has 0 saturated carbocycles. The van der Waals surface area contributed by atoms with Gasteiger partial charge in [0.2, 0.25) is 0 Å². The molecule has 0 radical (unpaired) electrons. The van der Waals surface area contributed by atoms with E-state index < -0.39 is 9.84 Å². The molecule has 2 rings (SSSR count). The second kappa shape index (κ2) is 3.29. The molecule has 4 nitrogen and oxygen atoms in total. The summed E-state index contributed by atoms with van der Waals surface area (Å²) in [6.45, 7) is 0. The Bertz CT molecular complexity index is 559. The summed E-state index contributed by atoms with van der Waals surface area (Å²) in [7, 11) is -3.03. The third kappa shape index (κ3) is 1.91. The van der Waals surface area contributed by atoms with Crippen molar-refractivity contribution in [1.82, 2.24) is 9.36 Å². The van der Waals surface area contributed by atoms with E-state index in [0.717, 1.165) is 10.1 Å². The Morgan fingerprint density at radius 2 is 2.29 bits per heavy atom. The van der Waals surface area contributed by atoms with Crippen molar-refractivity contribution in [3.8, 4) is 0 Å². The fraction of sp³-hybridized carbons (Fsp3) is 0.250. The van der Waals surface area contributed by atoms with E-state index in [1.165, 1.54) is 17.8 Å². The molecule has 2 aromatic rings. The zero-order valence-corrected chi connectivity index (χ0v) is 9.10. The Labute approximate surface area is 85.7 Å². The molecule has 0 fully saturated rings. The first-order chi connectivity index (χ1) is 6.56. The van der Waals surface area contributed by atoms with Gasteiger partial charge in [-0.05, 0) is 17.6 Å². The lowest BCUT2D eigenvalue weighted by Gasteiger charge is -1.98. The molecule has 0 atom stereocenters. The van der Waals surface area contributed by atoms with Crippen LogP contribution in [0.3, 0.4) is 0 Å². The maximum absolute atomic E-state index is 11.1. The van der Waals surface area contributed by atoms with Crippen LogP contribution in [-0.4, -0.2) is 24.0 Å². The average molecular weight is 228 g/mol. The van der Waals surface area contributed by atoms with Crippen LogP contribution in [-0.2, 0) is 15.6 Å². The first kappa shape index (κ1) is 9.54. The van der Waals surface area contributed by atoms with Crippen molar-refractivity contribution in [3.63, 3.8) is 0 Å². The number of nitrogens with zero attached hydrogens (tertiary/aromatic N) is 2. The van der Waals surface area contributed by atoms with Gasteiger partial charge >= 0.3 is 0 Å². The smallest absolute Gasteiger partial charge is 0.153 e. The van der Waals surface area contributed by atoms with Crippen LogP contribution in [0, 0.1) is 0 Å². The van der Waals surface area contributed by atoms with E-state index in [1.807, 2.05) is 6.07 Å². The molecule has 2 heterocycles. The van der Waals surface area contributed by atoms with Crippen LogP contribution >= 0.6 is 11.5 Å². The molecule has 0 spiro atoms. The van der Waals surface area contributed by atoms with E-state index in [1.54, 1.807) is 12.4 Å². The summed E-state index contributed by atoms with van der Waals surface area (Å²) in [6.07, 6.45) is 4.47. The molecule has 0 N–H and O–H groups in total. The zero-order valence-electron chi connectivity index (χ0n) is 7.47. The molecule has 0 amide bonds. The van der Waals surface area contributed by atoms with Crippen molar-refractivity contribution < 1.29 is 8.42 Å². The van der Waals surface area contributed by atoms with Gasteiger partial charge in [-0.2, -0.15) is 4.37 Å². The molecule has 0 saturated heterocycles. The summed E-state index contributed by atoms with van der Waals surface area (Å²) in [5, 5.41) is 0.836. The molecule has 0 aliphatic carbocycles. The molecular weight excluding hydrogens is 220 g/mol. The fourth-order valence-corrected chi connectivity index (χ4v) is 2.60. The fourth-order valence-electron chi connectivity index (χ4n) is 1.21. The maximum atomic E-state index is 11.1. The molecule has 6 heteroatoms. The van der Waals surface area contributed by atoms with E-state index in [4.69, 9.17) is 0 Å². The monoisotopic (exact) mass is 228 g/mol. The van der Waals surface area contributed by atoms with Crippen LogP contribution in [0.15, 0.2) is 18.5 Å². The van der Waals surface area contributed by atoms with Gasteiger partial charge in [0.15, 0.2) is 9.84 Å². The first-order valence-electron chi connectivity index (χ1n) is 3.92. The van der Waals surface area contributed by atoms with Gasteiger partial charge < -0.3 is 0 Å². The number of sulfone groups is 1. The molecule has 74 valence electrons. The van der Waals surface area contributed by atoms with E-state index in [9.17, 15) is 8.42 Å². The summed E-state index contributed by atoms with van der Waals surface area (Å²) >= 11 is 1.34. The molecule has 0 aliphatic rings. The number of fused-ring (bicyclic) bond motifs is 1. The van der Waals surface area contributed by atoms with Crippen LogP contribution < -0.4 is 0 Å². The summed E-state index contributed by atoms with van der Waals surface area (Å²) in [4.78, 5) is 4.05. The second-order valence-electron chi connectivity index (χ2n) is 3.07. The highest BCUT2D eigenvalue weighted by molar-refractivity contribution is 7.89. The van der Waals surface area contributed by atoms with Gasteiger partial charge in [-0.25, -0.2) is 8.42 Å². The molecular formula is C8H8N2O2S2. The van der Waals surface area contributed by atoms with Gasteiger partial charge in [-0.3, -0.25) is 4.98 Å². The molecule has 0 aliphatic heterocycles. The van der Waals surface area contributed by atoms with Crippen molar-refractivity contribution in [2.24, 2.45) is 0 Å². The van der Waals surface area contributed by atoms with Crippen molar-refractivity contribution in [3.05, 3.63) is 24.2 Å². The normalized spacial score (nSPS) is 12.1. The predicted octanol–water partition coefficient (Wildman–Crippen LogP) is 1.24. The summed E-state index contributed by atoms with van der Waals surface area (Å²) in [5.41, 5.74) is 0.582. The lowest BCUT2D eigenvalue weighted by molar-refractivity contribution is 0.600. The van der Waals surface area contributed by atoms with Gasteiger partial charge in [-0.1, -0.05) is 0 Å². The number of pyridine rings is 1. The van der Waals surface area contributed by atoms with Crippen LogP contribution in [0.2, 0.25) is 0 Å². The Kier molecular flexibility index (Phi) is 2.24. The first-order valence-corrected chi connectivity index (χ1v) is 6.76. The number of hydrogen-bond acceptors (Lipinski definition) is 5. The molecule has 0 unspecified atom stereocenters. The van der Waals surface area contributed by atoms with Gasteiger partial charge in [0.05, 0.1) is 22.3 Å². The Morgan fingerprint density at radius 3 is 3.00 bits per heavy atom. The number of rotatable bonds is 2. The van der Waals surface area contributed by atoms with E-state index >= 15 is 0 Å². The van der Waals surface area contributed by atoms with Crippen molar-refractivity contribution in [1.29, 1.82) is 0 Å². The highest BCUT2D eigenvalue weighted by atomic mass is 32.2. The molecule has 2 aromatic heterocycles. The number of aromatic nitrogens is 2. The lowest BCUT2D eigenvalue weighted by atomic mass is 10.3. The Balaban J connectivity index is 2.57. The predicted molar refractivity (Wildman–Crippen MR) is 56.0 cm³/mol. The number of hydrogen-bond donors (Lipinski definition) is 0. The minimum atomic E-state index is -3.03. The van der Waals surface area contributed by atoms with Crippen molar-refractivity contribution in [2.75, 3.05) is 6.26 Å². The second-order valence-corrected chi connectivity index (χ2v) is 6.04. The van der Waals surface area contributed by atoms with Crippen molar-refractivity contribution >= 4 is 31.5 Å². The Morgan fingerprint density at radius 1 is 1.50 bits per heavy atom. The van der Waals surface area contributed by atoms with Crippen LogP contribution in [0.5, 0.6) is 0 Å². The minimum absolute atomic E-state index is 0.0250. The third-order valence-corrected chi connectivity index (χ3v) is 3.33. The maximum Gasteiger partial charge on any atom is 0.153 e. The van der Waals surface area contributed by atoms with E-state index in [2.05, 4.69) is 9.36 Å². The lowest BCUT2D eigenvalue weighted by Crippen LogP contribution is -2.02. The van der Waals surface area contributed by atoms with Crippen LogP contribution in [0.25, 0.3) is 10.1 Å². The van der Waals surface area contributed by atoms with E-state index in [0.29, 0.717) is 5.69 Å². The van der Waals surface area contributed by atoms with Crippen molar-refractivity contribution in [2.45, 2.75) is 5.75 Å². The highest BCUT2D eigenvalue weighted by Crippen LogP contribution is 2.20. The molecule has 0 bridgehead atoms. The quantitative estimate of drug-likeness (QED) is 0.775. The van der Waals surface area contributed by atoms with Gasteiger partial charge in [-0.15, -0.1) is 0 Å². The third-order valence-electron chi connectivity index (χ3n) is 1.76.